The Morgan fingerprint density at radius 1 is 1.50 bits per heavy atom. The van der Waals surface area contributed by atoms with E-state index >= 15 is 0 Å². The van der Waals surface area contributed by atoms with E-state index < -0.39 is 18.2 Å². The molecular weight excluding hydrogens is 395 g/mol. The van der Waals surface area contributed by atoms with Crippen molar-refractivity contribution in [3.63, 3.8) is 0 Å². The third kappa shape index (κ3) is 5.12. The molecule has 7 heteroatoms. The van der Waals surface area contributed by atoms with Crippen molar-refractivity contribution in [1.29, 1.82) is 0 Å². The third-order valence-electron chi connectivity index (χ3n) is 2.76. The Hall–Kier alpha value is -0.510. The van der Waals surface area contributed by atoms with Gasteiger partial charge in [-0.2, -0.15) is 12.6 Å². The van der Waals surface area contributed by atoms with Gasteiger partial charge in [-0.1, -0.05) is 0 Å². The number of aromatic hydroxyl groups is 1. The van der Waals surface area contributed by atoms with E-state index in [-0.39, 0.29) is 18.1 Å². The molecule has 1 aromatic carbocycles. The Balaban J connectivity index is 2.68. The van der Waals surface area contributed by atoms with Gasteiger partial charge in [0.2, 0.25) is 0 Å². The highest BCUT2D eigenvalue weighted by Crippen LogP contribution is 2.30. The summed E-state index contributed by atoms with van der Waals surface area (Å²) in [5.74, 6) is -0.403. The number of methoxy groups -OCH3 is 1. The summed E-state index contributed by atoms with van der Waals surface area (Å²) >= 11 is 5.89. The molecule has 112 valence electrons. The predicted octanol–water partition coefficient (Wildman–Crippen LogP) is 1.91. The molecule has 0 spiro atoms. The first-order valence-electron chi connectivity index (χ1n) is 5.95. The summed E-state index contributed by atoms with van der Waals surface area (Å²) in [6.07, 6.45) is -1.25. The van der Waals surface area contributed by atoms with Crippen molar-refractivity contribution in [3.8, 4) is 5.75 Å². The maximum atomic E-state index is 11.0. The molecule has 0 heterocycles. The molecule has 1 rings (SSSR count). The topological polar surface area (TPSA) is 76.0 Å². The largest absolute Gasteiger partial charge is 0.508 e. The monoisotopic (exact) mass is 412 g/mol. The van der Waals surface area contributed by atoms with Gasteiger partial charge in [0.25, 0.3) is 0 Å². The van der Waals surface area contributed by atoms with E-state index in [0.717, 1.165) is 3.57 Å². The number of rotatable bonds is 7. The molecule has 2 atom stereocenters. The van der Waals surface area contributed by atoms with Crippen LogP contribution in [0.5, 0.6) is 5.75 Å². The highest BCUT2D eigenvalue weighted by molar-refractivity contribution is 14.1. The van der Waals surface area contributed by atoms with Crippen molar-refractivity contribution in [3.05, 3.63) is 27.3 Å². The van der Waals surface area contributed by atoms with Crippen LogP contribution in [0.15, 0.2) is 18.2 Å². The van der Waals surface area contributed by atoms with Crippen LogP contribution < -0.4 is 0 Å². The number of carbonyl (C=O) groups excluding carboxylic acids is 1. The Kier molecular flexibility index (Phi) is 7.63. The van der Waals surface area contributed by atoms with Gasteiger partial charge in [0.15, 0.2) is 0 Å². The van der Waals surface area contributed by atoms with Gasteiger partial charge in [0.05, 0.1) is 18.5 Å². The molecule has 2 N–H and O–H groups in total. The van der Waals surface area contributed by atoms with Gasteiger partial charge >= 0.3 is 5.97 Å². The van der Waals surface area contributed by atoms with E-state index in [1.54, 1.807) is 12.1 Å². The Morgan fingerprint density at radius 3 is 2.80 bits per heavy atom. The number of phenolic OH excluding ortho intramolecular Hbond substituents is 1. The highest BCUT2D eigenvalue weighted by atomic mass is 127. The van der Waals surface area contributed by atoms with Crippen molar-refractivity contribution in [2.75, 3.05) is 19.5 Å². The Bertz CT molecular complexity index is 454. The molecule has 0 unspecified atom stereocenters. The molecule has 1 aromatic rings. The molecule has 0 aliphatic rings. The van der Waals surface area contributed by atoms with Gasteiger partial charge in [-0.15, -0.1) is 0 Å². The lowest BCUT2D eigenvalue weighted by molar-refractivity contribution is -0.141. The second-order valence-electron chi connectivity index (χ2n) is 4.09. The average molecular weight is 412 g/mol. The zero-order valence-electron chi connectivity index (χ0n) is 11.0. The maximum absolute atomic E-state index is 11.0. The summed E-state index contributed by atoms with van der Waals surface area (Å²) in [6.45, 7) is 0.125. The summed E-state index contributed by atoms with van der Waals surface area (Å²) < 4.78 is 11.0. The number of esters is 1. The number of halogens is 1. The van der Waals surface area contributed by atoms with Crippen LogP contribution >= 0.6 is 35.2 Å². The molecule has 0 aliphatic carbocycles. The van der Waals surface area contributed by atoms with Crippen LogP contribution in [0.1, 0.15) is 18.1 Å². The van der Waals surface area contributed by atoms with Gasteiger partial charge in [0, 0.05) is 22.7 Å². The molecule has 5 nitrogen and oxygen atoms in total. The van der Waals surface area contributed by atoms with Gasteiger partial charge in [-0.25, -0.2) is 0 Å². The smallest absolute Gasteiger partial charge is 0.315 e. The minimum atomic E-state index is -0.996. The van der Waals surface area contributed by atoms with Gasteiger partial charge in [0.1, 0.15) is 11.9 Å². The van der Waals surface area contributed by atoms with Crippen LogP contribution in [0.4, 0.5) is 0 Å². The standard InChI is InChI=1S/C13H17IO5S/c1-18-11(4-5-19-12(16)7-20)13(17)9-6-8(14)2-3-10(9)15/h2-3,6,11,13,15,17,20H,4-5,7H2,1H3/t11-,13-/m1/s1. The zero-order valence-corrected chi connectivity index (χ0v) is 14.0. The summed E-state index contributed by atoms with van der Waals surface area (Å²) in [6, 6.07) is 4.95. The number of aliphatic hydroxyl groups excluding tert-OH is 1. The van der Waals surface area contributed by atoms with Crippen LogP contribution in [0.25, 0.3) is 0 Å². The van der Waals surface area contributed by atoms with Crippen LogP contribution in [0, 0.1) is 3.57 Å². The van der Waals surface area contributed by atoms with Crippen LogP contribution in [-0.2, 0) is 14.3 Å². The number of hydrogen-bond donors (Lipinski definition) is 3. The van der Waals surface area contributed by atoms with Crippen molar-refractivity contribution >= 4 is 41.2 Å². The fraction of sp³-hybridized carbons (Fsp3) is 0.462. The normalized spacial score (nSPS) is 13.8. The number of ether oxygens (including phenoxy) is 2. The van der Waals surface area contributed by atoms with Crippen molar-refractivity contribution < 1.29 is 24.5 Å². The minimum absolute atomic E-state index is 0.00678. The van der Waals surface area contributed by atoms with Gasteiger partial charge in [-0.3, -0.25) is 4.79 Å². The number of aliphatic hydroxyl groups is 1. The maximum Gasteiger partial charge on any atom is 0.315 e. The van der Waals surface area contributed by atoms with Crippen LogP contribution in [0.3, 0.4) is 0 Å². The molecule has 0 aliphatic heterocycles. The fourth-order valence-electron chi connectivity index (χ4n) is 1.70. The van der Waals surface area contributed by atoms with E-state index in [0.29, 0.717) is 12.0 Å². The Labute approximate surface area is 136 Å². The number of thiol groups is 1. The number of hydrogen-bond acceptors (Lipinski definition) is 6. The molecule has 0 radical (unpaired) electrons. The van der Waals surface area contributed by atoms with E-state index in [4.69, 9.17) is 9.47 Å². The molecule has 0 fully saturated rings. The van der Waals surface area contributed by atoms with Crippen molar-refractivity contribution in [2.45, 2.75) is 18.6 Å². The predicted molar refractivity (Wildman–Crippen MR) is 86.0 cm³/mol. The number of phenols is 1. The SMILES string of the molecule is CO[C@H](CCOC(=O)CS)[C@H](O)c1cc(I)ccc1O. The quantitative estimate of drug-likeness (QED) is 0.363. The molecule has 0 aromatic heterocycles. The molecule has 0 saturated carbocycles. The number of carbonyl (C=O) groups is 1. The number of benzene rings is 1. The van der Waals surface area contributed by atoms with Gasteiger partial charge < -0.3 is 19.7 Å². The molecule has 0 saturated heterocycles. The second kappa shape index (κ2) is 8.71. The van der Waals surface area contributed by atoms with Crippen molar-refractivity contribution in [1.82, 2.24) is 0 Å². The first kappa shape index (κ1) is 17.5. The minimum Gasteiger partial charge on any atom is -0.508 e. The first-order valence-corrected chi connectivity index (χ1v) is 7.66. The lowest BCUT2D eigenvalue weighted by atomic mass is 10.0. The highest BCUT2D eigenvalue weighted by Gasteiger charge is 2.23. The summed E-state index contributed by atoms with van der Waals surface area (Å²) in [7, 11) is 1.46. The molecule has 0 amide bonds. The Morgan fingerprint density at radius 2 is 2.20 bits per heavy atom. The lowest BCUT2D eigenvalue weighted by Gasteiger charge is -2.22. The average Bonchev–Trinajstić information content (AvgIpc) is 2.45. The third-order valence-corrected chi connectivity index (χ3v) is 3.69. The summed E-state index contributed by atoms with van der Waals surface area (Å²) in [5.41, 5.74) is 0.393. The summed E-state index contributed by atoms with van der Waals surface area (Å²) in [4.78, 5) is 11.0. The zero-order chi connectivity index (χ0) is 15.1. The van der Waals surface area contributed by atoms with Crippen LogP contribution in [-0.4, -0.2) is 41.8 Å². The lowest BCUT2D eigenvalue weighted by Crippen LogP contribution is -2.24. The van der Waals surface area contributed by atoms with Crippen LogP contribution in [0.2, 0.25) is 0 Å². The van der Waals surface area contributed by atoms with E-state index in [9.17, 15) is 15.0 Å². The van der Waals surface area contributed by atoms with E-state index in [1.807, 2.05) is 0 Å². The molecular formula is C13H17IO5S. The first-order chi connectivity index (χ1) is 9.49. The van der Waals surface area contributed by atoms with Crippen molar-refractivity contribution in [2.24, 2.45) is 0 Å². The summed E-state index contributed by atoms with van der Waals surface area (Å²) in [5, 5.41) is 20.1. The van der Waals surface area contributed by atoms with E-state index in [1.165, 1.54) is 13.2 Å². The fourth-order valence-corrected chi connectivity index (χ4v) is 2.31. The van der Waals surface area contributed by atoms with Gasteiger partial charge in [-0.05, 0) is 40.8 Å². The van der Waals surface area contributed by atoms with E-state index in [2.05, 4.69) is 35.2 Å². The second-order valence-corrected chi connectivity index (χ2v) is 5.65. The molecule has 0 bridgehead atoms. The molecule has 20 heavy (non-hydrogen) atoms.